The highest BCUT2D eigenvalue weighted by molar-refractivity contribution is 14.1. The maximum Gasteiger partial charge on any atom is 0.341 e. The molecule has 0 aliphatic carbocycles. The van der Waals surface area contributed by atoms with Gasteiger partial charge in [-0.05, 0) is 138 Å². The Bertz CT molecular complexity index is 2200. The zero-order valence-electron chi connectivity index (χ0n) is 31.5. The highest BCUT2D eigenvalue weighted by Crippen LogP contribution is 2.32. The van der Waals surface area contributed by atoms with Gasteiger partial charge in [0.25, 0.3) is 0 Å². The molecule has 288 valence electrons. The third-order valence-electron chi connectivity index (χ3n) is 8.06. The van der Waals surface area contributed by atoms with E-state index in [2.05, 4.69) is 77.5 Å². The van der Waals surface area contributed by atoms with Crippen molar-refractivity contribution in [2.45, 2.75) is 26.9 Å². The van der Waals surface area contributed by atoms with Crippen LogP contribution in [0.4, 0.5) is 5.69 Å². The van der Waals surface area contributed by atoms with Crippen molar-refractivity contribution in [1.82, 2.24) is 15.3 Å². The minimum atomic E-state index is -0.439. The molecule has 0 bridgehead atoms. The summed E-state index contributed by atoms with van der Waals surface area (Å²) in [6.45, 7) is 5.74. The lowest BCUT2D eigenvalue weighted by atomic mass is 10.1. The van der Waals surface area contributed by atoms with Crippen molar-refractivity contribution < 1.29 is 28.5 Å². The van der Waals surface area contributed by atoms with Gasteiger partial charge in [0.1, 0.15) is 17.1 Å². The lowest BCUT2D eigenvalue weighted by Crippen LogP contribution is -2.21. The minimum Gasteiger partial charge on any atom is -0.497 e. The third-order valence-corrected chi connectivity index (χ3v) is 9.81. The molecule has 0 spiro atoms. The van der Waals surface area contributed by atoms with Crippen LogP contribution in [-0.4, -0.2) is 63.4 Å². The van der Waals surface area contributed by atoms with Gasteiger partial charge in [-0.15, -0.1) is 0 Å². The quantitative estimate of drug-likeness (QED) is 0.0996. The maximum absolute atomic E-state index is 12.5. The average Bonchev–Trinajstić information content (AvgIpc) is 3.19. The molecule has 0 fully saturated rings. The average molecular weight is 989 g/mol. The van der Waals surface area contributed by atoms with E-state index in [1.54, 1.807) is 34.3 Å². The van der Waals surface area contributed by atoms with Gasteiger partial charge in [0.15, 0.2) is 0 Å². The van der Waals surface area contributed by atoms with E-state index in [0.29, 0.717) is 35.9 Å². The number of halogens is 3. The van der Waals surface area contributed by atoms with Gasteiger partial charge in [-0.3, -0.25) is 9.97 Å². The number of benzene rings is 4. The number of rotatable bonds is 11. The molecule has 0 saturated carbocycles. The molecule has 55 heavy (non-hydrogen) atoms. The number of ether oxygens (including phenoxy) is 4. The molecule has 0 aliphatic rings. The van der Waals surface area contributed by atoms with Crippen LogP contribution in [0.1, 0.15) is 45.7 Å². The van der Waals surface area contributed by atoms with Crippen LogP contribution in [0.2, 0.25) is 5.02 Å². The Balaban J connectivity index is 0.000000204. The largest absolute Gasteiger partial charge is 0.497 e. The van der Waals surface area contributed by atoms with E-state index in [1.807, 2.05) is 86.9 Å². The molecule has 6 aromatic rings. The Morgan fingerprint density at radius 3 is 1.69 bits per heavy atom. The highest BCUT2D eigenvalue weighted by Gasteiger charge is 2.20. The van der Waals surface area contributed by atoms with Crippen molar-refractivity contribution in [2.24, 2.45) is 0 Å². The molecule has 0 saturated heterocycles. The van der Waals surface area contributed by atoms with Crippen LogP contribution in [0.5, 0.6) is 11.5 Å². The monoisotopic (exact) mass is 988 g/mol. The normalized spacial score (nSPS) is 10.4. The first-order chi connectivity index (χ1) is 26.5. The predicted molar refractivity (Wildman–Crippen MR) is 237 cm³/mol. The molecule has 13 heteroatoms. The fourth-order valence-electron chi connectivity index (χ4n) is 5.44. The third kappa shape index (κ3) is 12.1. The van der Waals surface area contributed by atoms with E-state index in [-0.39, 0.29) is 5.97 Å². The molecule has 0 atom stereocenters. The molecule has 4 aromatic carbocycles. The van der Waals surface area contributed by atoms with Gasteiger partial charge in [-0.2, -0.15) is 0 Å². The Labute approximate surface area is 354 Å². The molecule has 0 aliphatic heterocycles. The number of hydrogen-bond acceptors (Lipinski definition) is 10. The molecular formula is C42H43ClI2N4O6. The van der Waals surface area contributed by atoms with Crippen molar-refractivity contribution in [1.29, 1.82) is 0 Å². The summed E-state index contributed by atoms with van der Waals surface area (Å²) in [6, 6.07) is 27.7. The zero-order chi connectivity index (χ0) is 39.9. The van der Waals surface area contributed by atoms with E-state index < -0.39 is 5.97 Å². The second-order valence-electron chi connectivity index (χ2n) is 11.9. The number of methoxy groups -OCH3 is 2. The van der Waals surface area contributed by atoms with Crippen molar-refractivity contribution >= 4 is 96.2 Å². The number of nitrogens with one attached hydrogen (secondary N) is 1. The van der Waals surface area contributed by atoms with E-state index in [9.17, 15) is 9.59 Å². The van der Waals surface area contributed by atoms with Gasteiger partial charge >= 0.3 is 11.9 Å². The predicted octanol–water partition coefficient (Wildman–Crippen LogP) is 9.75. The second-order valence-corrected chi connectivity index (χ2v) is 14.7. The van der Waals surface area contributed by atoms with Gasteiger partial charge < -0.3 is 29.2 Å². The van der Waals surface area contributed by atoms with E-state index >= 15 is 0 Å². The second kappa shape index (κ2) is 21.7. The molecule has 0 unspecified atom stereocenters. The molecule has 0 radical (unpaired) electrons. The van der Waals surface area contributed by atoms with E-state index in [4.69, 9.17) is 30.5 Å². The van der Waals surface area contributed by atoms with Gasteiger partial charge in [0.2, 0.25) is 0 Å². The number of fused-ring (bicyclic) bond motifs is 2. The number of carbonyl (C=O) groups excluding carboxylic acids is 2. The first-order valence-electron chi connectivity index (χ1n) is 17.3. The van der Waals surface area contributed by atoms with Gasteiger partial charge in [-0.25, -0.2) is 9.59 Å². The summed E-state index contributed by atoms with van der Waals surface area (Å²) in [6.07, 6.45) is 3.06. The van der Waals surface area contributed by atoms with Crippen LogP contribution in [0.3, 0.4) is 0 Å². The van der Waals surface area contributed by atoms with Crippen molar-refractivity contribution in [3.05, 3.63) is 132 Å². The number of anilines is 1. The lowest BCUT2D eigenvalue weighted by Gasteiger charge is -2.24. The topological polar surface area (TPSA) is 112 Å². The summed E-state index contributed by atoms with van der Waals surface area (Å²) in [4.78, 5) is 34.9. The maximum atomic E-state index is 12.5. The fourth-order valence-corrected chi connectivity index (χ4v) is 6.70. The lowest BCUT2D eigenvalue weighted by molar-refractivity contribution is 0.0517. The Morgan fingerprint density at radius 1 is 0.709 bits per heavy atom. The van der Waals surface area contributed by atoms with Crippen molar-refractivity contribution in [2.75, 3.05) is 46.4 Å². The summed E-state index contributed by atoms with van der Waals surface area (Å²) in [5.41, 5.74) is 5.61. The molecule has 2 aromatic heterocycles. The summed E-state index contributed by atoms with van der Waals surface area (Å²) in [5.74, 6) is 0.926. The van der Waals surface area contributed by atoms with Crippen LogP contribution in [0.25, 0.3) is 21.8 Å². The number of pyridine rings is 2. The van der Waals surface area contributed by atoms with Crippen LogP contribution in [0.15, 0.2) is 97.3 Å². The number of carbonyl (C=O) groups is 2. The summed E-state index contributed by atoms with van der Waals surface area (Å²) in [5, 5.41) is 5.18. The van der Waals surface area contributed by atoms with Crippen LogP contribution < -0.4 is 19.7 Å². The van der Waals surface area contributed by atoms with E-state index in [0.717, 1.165) is 58.2 Å². The number of aromatic nitrogens is 2. The smallest absolute Gasteiger partial charge is 0.341 e. The standard InChI is InChI=1S/C21H21IN2O3.C12H9ClINO2.C9H13NO/c1-4-27-21(25)18-12-23-19-10-7-15(22)11-17(19)20(18)24(2)13-14-5-8-16(26-3)9-6-14;1-2-17-12(16)9-6-15-10-4-3-7(14)5-8(10)11(9)13;1-10-7-8-3-5-9(11-2)6-4-8/h5-12H,4,13H2,1-3H3;3-6H,2H2,1H3;3-6,10H,7H2,1-2H3. The number of esters is 2. The SMILES string of the molecule is CCOC(=O)c1cnc2ccc(I)cc2c1Cl.CCOC(=O)c1cnc2ccc(I)cc2c1N(C)Cc1ccc(OC)cc1.CNCc1ccc(OC)cc1. The molecule has 2 heterocycles. The van der Waals surface area contributed by atoms with Crippen molar-refractivity contribution in [3.63, 3.8) is 0 Å². The number of nitrogens with zero attached hydrogens (tertiary/aromatic N) is 3. The fraction of sp³-hybridized carbons (Fsp3) is 0.238. The summed E-state index contributed by atoms with van der Waals surface area (Å²) < 4.78 is 22.6. The first kappa shape index (κ1) is 43.5. The highest BCUT2D eigenvalue weighted by atomic mass is 127. The Kier molecular flexibility index (Phi) is 17.2. The number of hydrogen-bond donors (Lipinski definition) is 1. The molecule has 0 amide bonds. The van der Waals surface area contributed by atoms with Gasteiger partial charge in [-0.1, -0.05) is 35.9 Å². The van der Waals surface area contributed by atoms with E-state index in [1.165, 1.54) is 11.8 Å². The first-order valence-corrected chi connectivity index (χ1v) is 19.8. The van der Waals surface area contributed by atoms with Gasteiger partial charge in [0, 0.05) is 50.4 Å². The van der Waals surface area contributed by atoms with Crippen LogP contribution in [0, 0.1) is 7.14 Å². The Morgan fingerprint density at radius 2 is 1.18 bits per heavy atom. The minimum absolute atomic E-state index is 0.308. The van der Waals surface area contributed by atoms with Crippen LogP contribution in [-0.2, 0) is 22.6 Å². The molecular weight excluding hydrogens is 946 g/mol. The van der Waals surface area contributed by atoms with Gasteiger partial charge in [0.05, 0.1) is 54.7 Å². The Hall–Kier alpha value is -4.25. The zero-order valence-corrected chi connectivity index (χ0v) is 36.6. The summed E-state index contributed by atoms with van der Waals surface area (Å²) in [7, 11) is 7.23. The molecule has 6 rings (SSSR count). The molecule has 10 nitrogen and oxygen atoms in total. The summed E-state index contributed by atoms with van der Waals surface area (Å²) >= 11 is 10.7. The van der Waals surface area contributed by atoms with Crippen molar-refractivity contribution in [3.8, 4) is 11.5 Å². The molecule has 1 N–H and O–H groups in total. The van der Waals surface area contributed by atoms with Crippen LogP contribution >= 0.6 is 56.8 Å².